The predicted molar refractivity (Wildman–Crippen MR) is 256 cm³/mol. The van der Waals surface area contributed by atoms with Gasteiger partial charge in [-0.05, 0) is 52.0 Å². The molecule has 28 heteroatoms. The lowest BCUT2D eigenvalue weighted by atomic mass is 9.91. The summed E-state index contributed by atoms with van der Waals surface area (Å²) in [6.45, 7) is 5.12. The Bertz CT molecular complexity index is 3420. The quantitative estimate of drug-likeness (QED) is 0.0821. The molecule has 0 unspecified atom stereocenters. The highest BCUT2D eigenvalue weighted by Crippen LogP contribution is 2.69. The average Bonchev–Trinajstić information content (AvgIpc) is 4.05. The molecule has 0 amide bonds. The van der Waals surface area contributed by atoms with Crippen molar-refractivity contribution in [2.24, 2.45) is 0 Å². The molecular formula is C46H24F12N4O8S4. The lowest BCUT2D eigenvalue weighted by Gasteiger charge is -2.26. The largest absolute Gasteiger partial charge is 0.380 e. The maximum absolute atomic E-state index is 15.4. The average molecular weight is 1120 g/mol. The molecule has 2 aliphatic carbocycles. The van der Waals surface area contributed by atoms with Crippen LogP contribution in [0.2, 0.25) is 0 Å². The fourth-order valence-corrected chi connectivity index (χ4v) is 13.7. The molecule has 384 valence electrons. The fourth-order valence-electron chi connectivity index (χ4n) is 9.31. The highest BCUT2D eigenvalue weighted by atomic mass is 32.1. The monoisotopic (exact) mass is 1120 g/mol. The van der Waals surface area contributed by atoms with Gasteiger partial charge in [-0.3, -0.25) is 40.5 Å². The molecule has 74 heavy (non-hydrogen) atoms. The molecule has 0 aliphatic heterocycles. The molecular weight excluding hydrogens is 1090 g/mol. The van der Waals surface area contributed by atoms with E-state index in [1.54, 1.807) is 0 Å². The van der Waals surface area contributed by atoms with Crippen molar-refractivity contribution in [3.05, 3.63) is 155 Å². The minimum Gasteiger partial charge on any atom is -0.258 e. The van der Waals surface area contributed by atoms with E-state index >= 15 is 35.1 Å². The first-order valence-electron chi connectivity index (χ1n) is 20.7. The first-order valence-corrected chi connectivity index (χ1v) is 24.0. The number of hydrogen-bond acceptors (Lipinski definition) is 12. The van der Waals surface area contributed by atoms with Gasteiger partial charge in [0.2, 0.25) is 0 Å². The van der Waals surface area contributed by atoms with Crippen molar-refractivity contribution in [1.29, 1.82) is 0 Å². The van der Waals surface area contributed by atoms with Gasteiger partial charge in [-0.15, -0.1) is 45.3 Å². The van der Waals surface area contributed by atoms with Crippen LogP contribution in [0.4, 0.5) is 75.4 Å². The summed E-state index contributed by atoms with van der Waals surface area (Å²) in [4.78, 5) is 41.6. The zero-order valence-electron chi connectivity index (χ0n) is 37.2. The number of thiophene rings is 4. The number of aryl methyl sites for hydroxylation is 4. The third-order valence-corrected chi connectivity index (χ3v) is 16.8. The van der Waals surface area contributed by atoms with E-state index in [1.807, 2.05) is 0 Å². The van der Waals surface area contributed by atoms with Crippen molar-refractivity contribution in [1.82, 2.24) is 0 Å². The first-order chi connectivity index (χ1) is 34.2. The van der Waals surface area contributed by atoms with E-state index in [1.165, 1.54) is 27.7 Å². The Kier molecular flexibility index (Phi) is 11.7. The number of non-ortho nitro benzene ring substituents is 4. The van der Waals surface area contributed by atoms with Gasteiger partial charge in [-0.2, -0.15) is 52.7 Å². The highest BCUT2D eigenvalue weighted by molar-refractivity contribution is 7.20. The Morgan fingerprint density at radius 2 is 0.514 bits per heavy atom. The van der Waals surface area contributed by atoms with Crippen LogP contribution in [0.1, 0.15) is 41.8 Å². The van der Waals surface area contributed by atoms with Crippen molar-refractivity contribution in [3.8, 4) is 0 Å². The molecule has 0 saturated heterocycles. The van der Waals surface area contributed by atoms with Gasteiger partial charge in [-0.25, -0.2) is 0 Å². The van der Waals surface area contributed by atoms with Gasteiger partial charge in [-0.1, -0.05) is 0 Å². The Hall–Kier alpha value is -7.04. The number of allylic oxidation sites excluding steroid dienone is 4. The summed E-state index contributed by atoms with van der Waals surface area (Å²) in [5.41, 5.74) is -10.0. The maximum atomic E-state index is 15.4. The van der Waals surface area contributed by atoms with Gasteiger partial charge >= 0.3 is 35.5 Å². The van der Waals surface area contributed by atoms with Gasteiger partial charge in [0.25, 0.3) is 22.7 Å². The number of nitro benzene ring substituents is 4. The molecule has 12 nitrogen and oxygen atoms in total. The first kappa shape index (κ1) is 51.8. The number of nitrogens with zero attached hydrogens (tertiary/aromatic N) is 4. The van der Waals surface area contributed by atoms with Crippen molar-refractivity contribution < 1.29 is 72.4 Å². The van der Waals surface area contributed by atoms with E-state index in [2.05, 4.69) is 0 Å². The van der Waals surface area contributed by atoms with Gasteiger partial charge in [0, 0.05) is 153 Å². The number of benzene rings is 4. The summed E-state index contributed by atoms with van der Waals surface area (Å²) in [5.74, 6) is -32.8. The fraction of sp³-hybridized carbons (Fsp3) is 0.217. The third kappa shape index (κ3) is 7.14. The van der Waals surface area contributed by atoms with Gasteiger partial charge in [0.05, 0.1) is 19.7 Å². The standard InChI is InChI=1S/2C23H12F6N2O4S2/c2*1-9-17(13-5-3-11(30(32)33)7-15(13)36-9)19-20(22(26,27)23(28,29)21(19,24)25)18-10(2)37-16-8-12(31(34)35)4-6-14(16)18/h2*3-8H,1-2H3. The summed E-state index contributed by atoms with van der Waals surface area (Å²) in [5, 5.41) is 44.1. The van der Waals surface area contributed by atoms with E-state index in [9.17, 15) is 58.0 Å². The predicted octanol–water partition coefficient (Wildman–Crippen LogP) is 16.8. The molecule has 4 aromatic heterocycles. The van der Waals surface area contributed by atoms with Gasteiger partial charge < -0.3 is 0 Å². The van der Waals surface area contributed by atoms with E-state index in [0.717, 1.165) is 118 Å². The number of alkyl halides is 12. The molecule has 0 spiro atoms. The van der Waals surface area contributed by atoms with Crippen LogP contribution in [0.25, 0.3) is 62.6 Å². The van der Waals surface area contributed by atoms with E-state index in [-0.39, 0.29) is 82.6 Å². The van der Waals surface area contributed by atoms with Gasteiger partial charge in [0.1, 0.15) is 0 Å². The summed E-state index contributed by atoms with van der Waals surface area (Å²) in [7, 11) is 0. The van der Waals surface area contributed by atoms with Crippen molar-refractivity contribution >= 4 is 131 Å². The zero-order valence-corrected chi connectivity index (χ0v) is 40.4. The summed E-state index contributed by atoms with van der Waals surface area (Å²) >= 11 is 3.11. The molecule has 4 heterocycles. The Morgan fingerprint density at radius 3 is 0.676 bits per heavy atom. The van der Waals surface area contributed by atoms with Crippen LogP contribution in [0.5, 0.6) is 0 Å². The molecule has 0 atom stereocenters. The number of fused-ring (bicyclic) bond motifs is 4. The molecule has 2 aliphatic rings. The van der Waals surface area contributed by atoms with Crippen LogP contribution < -0.4 is 0 Å². The number of rotatable bonds is 8. The summed E-state index contributed by atoms with van der Waals surface area (Å²) in [6.07, 6.45) is 0. The van der Waals surface area contributed by atoms with Crippen molar-refractivity contribution in [3.63, 3.8) is 0 Å². The van der Waals surface area contributed by atoms with Crippen molar-refractivity contribution in [2.75, 3.05) is 0 Å². The molecule has 4 aromatic carbocycles. The smallest absolute Gasteiger partial charge is 0.258 e. The van der Waals surface area contributed by atoms with Crippen LogP contribution in [-0.2, 0) is 0 Å². The van der Waals surface area contributed by atoms with E-state index in [4.69, 9.17) is 0 Å². The molecule has 0 fully saturated rings. The Labute approximate surface area is 419 Å². The minimum atomic E-state index is -5.80. The second kappa shape index (κ2) is 16.7. The van der Waals surface area contributed by atoms with E-state index in [0.29, 0.717) is 0 Å². The van der Waals surface area contributed by atoms with Crippen LogP contribution >= 0.6 is 45.3 Å². The molecule has 0 radical (unpaired) electrons. The second-order valence-corrected chi connectivity index (χ2v) is 21.9. The zero-order chi connectivity index (χ0) is 54.5. The van der Waals surface area contributed by atoms with Crippen LogP contribution in [0, 0.1) is 68.2 Å². The third-order valence-electron chi connectivity index (χ3n) is 12.6. The minimum absolute atomic E-state index is 0.0102. The number of hydrogen-bond donors (Lipinski definition) is 0. The maximum Gasteiger partial charge on any atom is 0.380 e. The van der Waals surface area contributed by atoms with Gasteiger partial charge in [0.15, 0.2) is 0 Å². The highest BCUT2D eigenvalue weighted by Gasteiger charge is 2.82. The molecule has 10 rings (SSSR count). The Balaban J connectivity index is 0.000000182. The molecule has 0 saturated carbocycles. The van der Waals surface area contributed by atoms with E-state index < -0.39 is 99.8 Å². The SMILES string of the molecule is Cc1sc2cc([N+](=O)[O-])ccc2c1C1=C(c2c(C)sc3cc([N+](=O)[O-])ccc23)C(F)(F)C(F)(F)C1(F)F.Cc1sc2cc([N+](=O)[O-])ccc2c1C1=C(c2c(C)sc3cc([N+](=O)[O-])ccc23)C(F)(F)C(F)(F)C1(F)F. The topological polar surface area (TPSA) is 173 Å². The second-order valence-electron chi connectivity index (χ2n) is 16.8. The van der Waals surface area contributed by atoms with Crippen LogP contribution in [0.15, 0.2) is 72.8 Å². The summed E-state index contributed by atoms with van der Waals surface area (Å²) in [6, 6.07) is 12.4. The van der Waals surface area contributed by atoms with Crippen LogP contribution in [0.3, 0.4) is 0 Å². The lowest BCUT2D eigenvalue weighted by Crippen LogP contribution is -2.48. The normalized spacial score (nSPS) is 18.2. The summed E-state index contributed by atoms with van der Waals surface area (Å²) < 4.78 is 183. The molecule has 8 aromatic rings. The Morgan fingerprint density at radius 1 is 0.338 bits per heavy atom. The molecule has 0 N–H and O–H groups in total. The molecule has 0 bridgehead atoms. The van der Waals surface area contributed by atoms with Crippen molar-refractivity contribution in [2.45, 2.75) is 63.2 Å². The number of halogens is 12. The van der Waals surface area contributed by atoms with Crippen LogP contribution in [-0.4, -0.2) is 55.2 Å². The number of nitro groups is 4. The lowest BCUT2D eigenvalue weighted by molar-refractivity contribution is -0.384.